The molecule has 5 aromatic carbocycles. The zero-order valence-corrected chi connectivity index (χ0v) is 29.8. The number of nitrogens with zero attached hydrogens (tertiary/aromatic N) is 2. The lowest BCUT2D eigenvalue weighted by atomic mass is 9.96. The van der Waals surface area contributed by atoms with Crippen LogP contribution in [-0.2, 0) is 0 Å². The van der Waals surface area contributed by atoms with Crippen molar-refractivity contribution >= 4 is 43.6 Å². The molecule has 0 bridgehead atoms. The minimum atomic E-state index is -0.0248. The molecule has 0 aliphatic rings. The number of pyridine rings is 2. The van der Waals surface area contributed by atoms with Crippen LogP contribution in [0.4, 0.5) is 0 Å². The predicted molar refractivity (Wildman–Crippen MR) is 204 cm³/mol. The molecule has 48 heavy (non-hydrogen) atoms. The van der Waals surface area contributed by atoms with Crippen LogP contribution in [0.3, 0.4) is 0 Å². The van der Waals surface area contributed by atoms with Crippen molar-refractivity contribution in [2.24, 2.45) is 0 Å². The van der Waals surface area contributed by atoms with Gasteiger partial charge in [0.05, 0.1) is 33.4 Å². The van der Waals surface area contributed by atoms with Crippen molar-refractivity contribution in [1.29, 1.82) is 0 Å². The third-order valence-electron chi connectivity index (χ3n) is 10.2. The van der Waals surface area contributed by atoms with Gasteiger partial charge in [0, 0.05) is 21.5 Å². The van der Waals surface area contributed by atoms with Crippen LogP contribution in [0.1, 0.15) is 84.0 Å². The Labute approximate surface area is 282 Å². The molecule has 0 N–H and O–H groups in total. The third-order valence-corrected chi connectivity index (χ3v) is 10.2. The maximum absolute atomic E-state index is 14.6. The van der Waals surface area contributed by atoms with Gasteiger partial charge in [0.1, 0.15) is 0 Å². The first-order chi connectivity index (χ1) is 22.8. The van der Waals surface area contributed by atoms with Gasteiger partial charge in [0.25, 0.3) is 0 Å². The van der Waals surface area contributed by atoms with Crippen molar-refractivity contribution in [3.63, 3.8) is 0 Å². The Morgan fingerprint density at radius 2 is 0.729 bits per heavy atom. The van der Waals surface area contributed by atoms with Crippen LogP contribution in [0.15, 0.2) is 82.4 Å². The Hall–Kier alpha value is -4.96. The fourth-order valence-electron chi connectivity index (χ4n) is 7.96. The lowest BCUT2D eigenvalue weighted by Gasteiger charge is -2.23. The van der Waals surface area contributed by atoms with Gasteiger partial charge in [0.2, 0.25) is 0 Å². The maximum Gasteiger partial charge on any atom is 0.197 e. The van der Waals surface area contributed by atoms with Gasteiger partial charge >= 0.3 is 0 Å². The molecular weight excluding hydrogens is 588 g/mol. The summed E-state index contributed by atoms with van der Waals surface area (Å²) in [6.45, 7) is 21.5. The van der Waals surface area contributed by atoms with Crippen molar-refractivity contribution in [3.05, 3.63) is 138 Å². The van der Waals surface area contributed by atoms with E-state index in [4.69, 9.17) is 0 Å². The molecule has 242 valence electrons. The molecule has 4 heteroatoms. The summed E-state index contributed by atoms with van der Waals surface area (Å²) in [5, 5.41) is 2.54. The monoisotopic (exact) mass is 632 g/mol. The zero-order chi connectivity index (χ0) is 34.3. The molecule has 0 fully saturated rings. The molecule has 0 radical (unpaired) electrons. The molecule has 0 aliphatic carbocycles. The van der Waals surface area contributed by atoms with Crippen molar-refractivity contribution in [2.45, 2.75) is 81.1 Å². The first kappa shape index (κ1) is 31.6. The standard InChI is InChI=1S/C44H44N2O2/c1-23(2)31-11-13-33-37(19-31)45(41-27(7)15-25(5)16-28(41)8)39-21-36-40(22-35(39)43(33)47)46(42-29(9)17-26(6)18-30(42)10)38-20-32(24(3)4)12-14-34(38)44(36)48/h11-24H,1-10H3. The summed E-state index contributed by atoms with van der Waals surface area (Å²) in [7, 11) is 0. The fourth-order valence-corrected chi connectivity index (χ4v) is 7.96. The summed E-state index contributed by atoms with van der Waals surface area (Å²) in [5.41, 5.74) is 14.5. The highest BCUT2D eigenvalue weighted by molar-refractivity contribution is 6.05. The van der Waals surface area contributed by atoms with Crippen LogP contribution in [0.5, 0.6) is 0 Å². The molecule has 0 saturated heterocycles. The number of aryl methyl sites for hydroxylation is 6. The minimum Gasteiger partial charge on any atom is -0.308 e. The Bertz CT molecular complexity index is 2390. The summed E-state index contributed by atoms with van der Waals surface area (Å²) in [6, 6.07) is 25.2. The smallest absolute Gasteiger partial charge is 0.197 e. The summed E-state index contributed by atoms with van der Waals surface area (Å²) >= 11 is 0. The highest BCUT2D eigenvalue weighted by atomic mass is 16.1. The highest BCUT2D eigenvalue weighted by Crippen LogP contribution is 2.35. The molecule has 2 aromatic heterocycles. The molecule has 0 saturated carbocycles. The Morgan fingerprint density at radius 1 is 0.417 bits per heavy atom. The van der Waals surface area contributed by atoms with Gasteiger partial charge in [-0.05, 0) is 123 Å². The van der Waals surface area contributed by atoms with Crippen LogP contribution in [0.2, 0.25) is 0 Å². The number of hydrogen-bond acceptors (Lipinski definition) is 2. The number of benzene rings is 5. The van der Waals surface area contributed by atoms with Crippen LogP contribution in [0, 0.1) is 41.5 Å². The van der Waals surface area contributed by atoms with Gasteiger partial charge in [-0.2, -0.15) is 0 Å². The first-order valence-electron chi connectivity index (χ1n) is 17.1. The molecule has 7 aromatic rings. The topological polar surface area (TPSA) is 44.0 Å². The quantitative estimate of drug-likeness (QED) is 0.181. The van der Waals surface area contributed by atoms with E-state index in [1.807, 2.05) is 24.3 Å². The van der Waals surface area contributed by atoms with E-state index >= 15 is 0 Å². The Balaban J connectivity index is 1.78. The summed E-state index contributed by atoms with van der Waals surface area (Å²) in [6.07, 6.45) is 0. The molecule has 2 heterocycles. The molecule has 0 spiro atoms. The van der Waals surface area contributed by atoms with Crippen LogP contribution in [-0.4, -0.2) is 9.13 Å². The summed E-state index contributed by atoms with van der Waals surface area (Å²) in [5.74, 6) is 0.585. The fraction of sp³-hybridized carbons (Fsp3) is 0.273. The number of hydrogen-bond donors (Lipinski definition) is 0. The summed E-state index contributed by atoms with van der Waals surface area (Å²) in [4.78, 5) is 29.3. The minimum absolute atomic E-state index is 0.0248. The van der Waals surface area contributed by atoms with E-state index in [9.17, 15) is 9.59 Å². The molecule has 0 unspecified atom stereocenters. The lowest BCUT2D eigenvalue weighted by molar-refractivity contribution is 0.867. The van der Waals surface area contributed by atoms with Gasteiger partial charge in [-0.3, -0.25) is 9.59 Å². The van der Waals surface area contributed by atoms with E-state index in [1.54, 1.807) is 0 Å². The second kappa shape index (κ2) is 11.3. The second-order valence-corrected chi connectivity index (χ2v) is 14.6. The van der Waals surface area contributed by atoms with Gasteiger partial charge in [-0.15, -0.1) is 0 Å². The van der Waals surface area contributed by atoms with Gasteiger partial charge < -0.3 is 9.13 Å². The van der Waals surface area contributed by atoms with Crippen molar-refractivity contribution in [3.8, 4) is 11.4 Å². The van der Waals surface area contributed by atoms with E-state index in [0.29, 0.717) is 33.4 Å². The van der Waals surface area contributed by atoms with Gasteiger partial charge in [-0.25, -0.2) is 0 Å². The number of fused-ring (bicyclic) bond motifs is 4. The van der Waals surface area contributed by atoms with Crippen LogP contribution >= 0.6 is 0 Å². The molecule has 0 amide bonds. The van der Waals surface area contributed by atoms with E-state index in [1.165, 1.54) is 11.1 Å². The molecular formula is C44H44N2O2. The van der Waals surface area contributed by atoms with Crippen molar-refractivity contribution < 1.29 is 0 Å². The Kier molecular flexibility index (Phi) is 7.47. The molecule has 4 nitrogen and oxygen atoms in total. The highest BCUT2D eigenvalue weighted by Gasteiger charge is 2.22. The zero-order valence-electron chi connectivity index (χ0n) is 29.8. The maximum atomic E-state index is 14.6. The van der Waals surface area contributed by atoms with E-state index in [2.05, 4.69) is 127 Å². The second-order valence-electron chi connectivity index (χ2n) is 14.6. The lowest BCUT2D eigenvalue weighted by Crippen LogP contribution is -2.16. The normalized spacial score (nSPS) is 12.1. The molecule has 0 atom stereocenters. The molecule has 7 rings (SSSR count). The number of aromatic nitrogens is 2. The van der Waals surface area contributed by atoms with E-state index < -0.39 is 0 Å². The average molecular weight is 633 g/mol. The largest absolute Gasteiger partial charge is 0.308 e. The number of rotatable bonds is 4. The predicted octanol–water partition coefficient (Wildman–Crippen LogP) is 10.7. The average Bonchev–Trinajstić information content (AvgIpc) is 3.02. The van der Waals surface area contributed by atoms with Crippen molar-refractivity contribution in [2.75, 3.05) is 0 Å². The molecule has 0 aliphatic heterocycles. The van der Waals surface area contributed by atoms with Crippen molar-refractivity contribution in [1.82, 2.24) is 9.13 Å². The van der Waals surface area contributed by atoms with E-state index in [0.717, 1.165) is 66.8 Å². The Morgan fingerprint density at radius 3 is 1.04 bits per heavy atom. The van der Waals surface area contributed by atoms with E-state index in [-0.39, 0.29) is 10.9 Å². The third kappa shape index (κ3) is 4.80. The van der Waals surface area contributed by atoms with Crippen LogP contribution in [0.25, 0.3) is 55.0 Å². The first-order valence-corrected chi connectivity index (χ1v) is 17.1. The van der Waals surface area contributed by atoms with Gasteiger partial charge in [0.15, 0.2) is 10.9 Å². The van der Waals surface area contributed by atoms with Gasteiger partial charge in [-0.1, -0.05) is 75.2 Å². The SMILES string of the molecule is Cc1cc(C)c(-n2c3cc(C(C)C)ccc3c(=O)c3cc4c(cc32)c(=O)c2ccc(C(C)C)cc2n4-c2c(C)cc(C)cc2C)c(C)c1. The summed E-state index contributed by atoms with van der Waals surface area (Å²) < 4.78 is 4.47. The van der Waals surface area contributed by atoms with Crippen LogP contribution < -0.4 is 10.9 Å².